The first kappa shape index (κ1) is 38.1. The first-order valence-corrected chi connectivity index (χ1v) is 16.2. The first-order valence-electron chi connectivity index (χ1n) is 16.2. The molecule has 3 amide bonds. The lowest BCUT2D eigenvalue weighted by Crippen LogP contribution is -2.55. The summed E-state index contributed by atoms with van der Waals surface area (Å²) in [5.74, 6) is -0.134. The number of hydrogen-bond donors (Lipinski definition) is 2. The fraction of sp³-hybridized carbons (Fsp3) is 0.735. The predicted molar refractivity (Wildman–Crippen MR) is 173 cm³/mol. The zero-order valence-electron chi connectivity index (χ0n) is 28.9. The molecule has 0 spiro atoms. The van der Waals surface area contributed by atoms with Crippen molar-refractivity contribution in [1.82, 2.24) is 15.1 Å². The van der Waals surface area contributed by atoms with E-state index in [4.69, 9.17) is 18.9 Å². The zero-order chi connectivity index (χ0) is 33.7. The van der Waals surface area contributed by atoms with Crippen molar-refractivity contribution in [2.24, 2.45) is 17.8 Å². The summed E-state index contributed by atoms with van der Waals surface area (Å²) in [6.07, 6.45) is 1.80. The van der Waals surface area contributed by atoms with Crippen LogP contribution in [0.5, 0.6) is 11.5 Å². The summed E-state index contributed by atoms with van der Waals surface area (Å²) in [6, 6.07) is 5.10. The van der Waals surface area contributed by atoms with Gasteiger partial charge in [-0.3, -0.25) is 9.59 Å². The molecule has 0 aliphatic carbocycles. The van der Waals surface area contributed by atoms with E-state index in [1.807, 2.05) is 50.8 Å². The van der Waals surface area contributed by atoms with Gasteiger partial charge in [-0.15, -0.1) is 0 Å². The van der Waals surface area contributed by atoms with Crippen molar-refractivity contribution in [2.45, 2.75) is 98.4 Å². The number of hydrogen-bond acceptors (Lipinski definition) is 8. The maximum Gasteiger partial charge on any atom is 0.410 e. The standard InChI is InChI=1S/C34H57N3O8/c1-10-24(4)37(19-25-15-29(43-9)18-30(16-25)44-13-11-12-42-8)32(40)27-17-26(31(39)35-28(22-38)14-23(2)3)20-36(21-27)33(41)45-34(5,6)7/h15-16,18,23-24,26-28,38H,10-14,17,19-22H2,1-9H3,(H,35,39)/t24-,26?,27?,28?/m1/s1. The second kappa shape index (κ2) is 18.2. The van der Waals surface area contributed by atoms with Crippen LogP contribution in [0.25, 0.3) is 0 Å². The van der Waals surface area contributed by atoms with Gasteiger partial charge in [-0.2, -0.15) is 0 Å². The Kier molecular flexibility index (Phi) is 15.4. The van der Waals surface area contributed by atoms with Gasteiger partial charge in [0.25, 0.3) is 0 Å². The lowest BCUT2D eigenvalue weighted by Gasteiger charge is -2.40. The highest BCUT2D eigenvalue weighted by molar-refractivity contribution is 5.84. The molecule has 11 heteroatoms. The predicted octanol–water partition coefficient (Wildman–Crippen LogP) is 4.63. The van der Waals surface area contributed by atoms with Crippen LogP contribution in [0.1, 0.15) is 79.7 Å². The Morgan fingerprint density at radius 1 is 1.04 bits per heavy atom. The summed E-state index contributed by atoms with van der Waals surface area (Å²) in [6.45, 7) is 14.9. The summed E-state index contributed by atoms with van der Waals surface area (Å²) in [5.41, 5.74) is 0.113. The smallest absolute Gasteiger partial charge is 0.410 e. The van der Waals surface area contributed by atoms with Crippen molar-refractivity contribution >= 4 is 17.9 Å². The van der Waals surface area contributed by atoms with Crippen molar-refractivity contribution < 1.29 is 38.4 Å². The van der Waals surface area contributed by atoms with Crippen LogP contribution in [-0.2, 0) is 25.6 Å². The van der Waals surface area contributed by atoms with E-state index in [-0.39, 0.29) is 49.9 Å². The monoisotopic (exact) mass is 635 g/mol. The van der Waals surface area contributed by atoms with Crippen LogP contribution >= 0.6 is 0 Å². The van der Waals surface area contributed by atoms with E-state index in [2.05, 4.69) is 5.32 Å². The van der Waals surface area contributed by atoms with Crippen molar-refractivity contribution in [1.29, 1.82) is 0 Å². The zero-order valence-corrected chi connectivity index (χ0v) is 28.9. The van der Waals surface area contributed by atoms with Crippen molar-refractivity contribution in [3.05, 3.63) is 23.8 Å². The molecule has 4 atom stereocenters. The highest BCUT2D eigenvalue weighted by Crippen LogP contribution is 2.30. The molecular formula is C34H57N3O8. The lowest BCUT2D eigenvalue weighted by molar-refractivity contribution is -0.142. The topological polar surface area (TPSA) is 127 Å². The average Bonchev–Trinajstić information content (AvgIpc) is 2.99. The van der Waals surface area contributed by atoms with Crippen LogP contribution in [-0.4, -0.2) is 97.6 Å². The first-order chi connectivity index (χ1) is 21.2. The number of aliphatic hydroxyl groups excluding tert-OH is 1. The quantitative estimate of drug-likeness (QED) is 0.252. The number of piperidine rings is 1. The average molecular weight is 636 g/mol. The Labute approximate surface area is 269 Å². The summed E-state index contributed by atoms with van der Waals surface area (Å²) >= 11 is 0. The molecule has 45 heavy (non-hydrogen) atoms. The van der Waals surface area contributed by atoms with E-state index in [0.717, 1.165) is 18.4 Å². The Hall–Kier alpha value is -3.05. The number of nitrogens with one attached hydrogen (secondary N) is 1. The number of aliphatic hydroxyl groups is 1. The lowest BCUT2D eigenvalue weighted by atomic mass is 9.86. The number of methoxy groups -OCH3 is 2. The minimum atomic E-state index is -0.733. The molecule has 1 heterocycles. The molecule has 0 radical (unpaired) electrons. The second-order valence-electron chi connectivity index (χ2n) is 13.5. The van der Waals surface area contributed by atoms with Gasteiger partial charge in [-0.25, -0.2) is 4.79 Å². The minimum Gasteiger partial charge on any atom is -0.497 e. The molecular weight excluding hydrogens is 578 g/mol. The molecule has 2 N–H and O–H groups in total. The molecule has 1 aliphatic heterocycles. The molecule has 1 aromatic rings. The van der Waals surface area contributed by atoms with Crippen LogP contribution < -0.4 is 14.8 Å². The number of benzene rings is 1. The molecule has 3 unspecified atom stereocenters. The highest BCUT2D eigenvalue weighted by atomic mass is 16.6. The maximum absolute atomic E-state index is 14.3. The molecule has 2 rings (SSSR count). The summed E-state index contributed by atoms with van der Waals surface area (Å²) in [5, 5.41) is 12.8. The van der Waals surface area contributed by atoms with E-state index in [1.54, 1.807) is 35.0 Å². The molecule has 0 bridgehead atoms. The highest BCUT2D eigenvalue weighted by Gasteiger charge is 2.41. The number of amides is 3. The van der Waals surface area contributed by atoms with Gasteiger partial charge in [-0.05, 0) is 70.6 Å². The van der Waals surface area contributed by atoms with Crippen LogP contribution in [0.15, 0.2) is 18.2 Å². The number of nitrogens with zero attached hydrogens (tertiary/aromatic N) is 2. The largest absolute Gasteiger partial charge is 0.497 e. The number of likely N-dealkylation sites (tertiary alicyclic amines) is 1. The summed E-state index contributed by atoms with van der Waals surface area (Å²) in [4.78, 5) is 44.4. The second-order valence-corrected chi connectivity index (χ2v) is 13.5. The SMILES string of the molecule is CC[C@@H](C)N(Cc1cc(OC)cc(OCCCOC)c1)C(=O)C1CC(C(=O)NC(CO)CC(C)C)CN(C(=O)OC(C)(C)C)C1. The van der Waals surface area contributed by atoms with Crippen molar-refractivity contribution in [2.75, 3.05) is 47.1 Å². The third-order valence-corrected chi connectivity index (χ3v) is 7.84. The van der Waals surface area contributed by atoms with E-state index in [1.165, 1.54) is 4.90 Å². The summed E-state index contributed by atoms with van der Waals surface area (Å²) in [7, 11) is 3.24. The third-order valence-electron chi connectivity index (χ3n) is 7.84. The molecule has 0 aromatic heterocycles. The third kappa shape index (κ3) is 12.7. The van der Waals surface area contributed by atoms with Crippen molar-refractivity contribution in [3.8, 4) is 11.5 Å². The van der Waals surface area contributed by atoms with Gasteiger partial charge in [0.2, 0.25) is 11.8 Å². The molecule has 1 aromatic carbocycles. The molecule has 0 saturated carbocycles. The Morgan fingerprint density at radius 3 is 2.29 bits per heavy atom. The van der Waals surface area contributed by atoms with E-state index >= 15 is 0 Å². The molecule has 1 fully saturated rings. The van der Waals surface area contributed by atoms with Gasteiger partial charge < -0.3 is 39.2 Å². The number of rotatable bonds is 16. The van der Waals surface area contributed by atoms with Crippen molar-refractivity contribution in [3.63, 3.8) is 0 Å². The number of carbonyl (C=O) groups is 3. The number of carbonyl (C=O) groups excluding carboxylic acids is 3. The van der Waals surface area contributed by atoms with Gasteiger partial charge in [0, 0.05) is 51.9 Å². The van der Waals surface area contributed by atoms with E-state index < -0.39 is 29.6 Å². The normalized spacial score (nSPS) is 18.2. The fourth-order valence-corrected chi connectivity index (χ4v) is 5.43. The van der Waals surface area contributed by atoms with Gasteiger partial charge in [-0.1, -0.05) is 20.8 Å². The number of ether oxygens (including phenoxy) is 4. The Bertz CT molecular complexity index is 1090. The van der Waals surface area contributed by atoms with Crippen LogP contribution in [0, 0.1) is 17.8 Å². The Balaban J connectivity index is 2.36. The summed E-state index contributed by atoms with van der Waals surface area (Å²) < 4.78 is 22.2. The minimum absolute atomic E-state index is 0.108. The molecule has 256 valence electrons. The van der Waals surface area contributed by atoms with Gasteiger partial charge in [0.1, 0.15) is 17.1 Å². The van der Waals surface area contributed by atoms with Gasteiger partial charge in [0.15, 0.2) is 0 Å². The van der Waals surface area contributed by atoms with Crippen LogP contribution in [0.2, 0.25) is 0 Å². The Morgan fingerprint density at radius 2 is 1.71 bits per heavy atom. The van der Waals surface area contributed by atoms with Crippen LogP contribution in [0.3, 0.4) is 0 Å². The maximum atomic E-state index is 14.3. The molecule has 11 nitrogen and oxygen atoms in total. The van der Waals surface area contributed by atoms with E-state index in [9.17, 15) is 19.5 Å². The van der Waals surface area contributed by atoms with Gasteiger partial charge >= 0.3 is 6.09 Å². The van der Waals surface area contributed by atoms with Crippen LogP contribution in [0.4, 0.5) is 4.79 Å². The molecule has 1 aliphatic rings. The van der Waals surface area contributed by atoms with Gasteiger partial charge in [0.05, 0.1) is 38.2 Å². The van der Waals surface area contributed by atoms with E-state index in [0.29, 0.717) is 37.7 Å². The fourth-order valence-electron chi connectivity index (χ4n) is 5.43. The molecule has 1 saturated heterocycles.